The molecule has 0 saturated heterocycles. The number of rotatable bonds is 9. The van der Waals surface area contributed by atoms with Gasteiger partial charge in [0.15, 0.2) is 0 Å². The Labute approximate surface area is 152 Å². The van der Waals surface area contributed by atoms with Gasteiger partial charge in [-0.25, -0.2) is 4.79 Å². The highest BCUT2D eigenvalue weighted by molar-refractivity contribution is 5.89. The molecule has 5 nitrogen and oxygen atoms in total. The summed E-state index contributed by atoms with van der Waals surface area (Å²) in [5.74, 6) is -1.02. The lowest BCUT2D eigenvalue weighted by Crippen LogP contribution is -2.49. The zero-order valence-corrected chi connectivity index (χ0v) is 16.7. The second-order valence-electron chi connectivity index (χ2n) is 7.74. The molecular weight excluding hydrogens is 320 g/mol. The van der Waals surface area contributed by atoms with Gasteiger partial charge >= 0.3 is 5.97 Å². The maximum absolute atomic E-state index is 12.1. The lowest BCUT2D eigenvalue weighted by molar-refractivity contribution is -0.216. The summed E-state index contributed by atoms with van der Waals surface area (Å²) in [6.07, 6.45) is 2.52. The van der Waals surface area contributed by atoms with Crippen LogP contribution in [0.3, 0.4) is 0 Å². The highest BCUT2D eigenvalue weighted by atomic mass is 16.7. The fourth-order valence-corrected chi connectivity index (χ4v) is 3.22. The summed E-state index contributed by atoms with van der Waals surface area (Å²) in [6, 6.07) is 0. The number of esters is 1. The molecule has 5 heteroatoms. The first-order valence-electron chi connectivity index (χ1n) is 9.03. The van der Waals surface area contributed by atoms with E-state index in [1.54, 1.807) is 26.8 Å². The number of hydrogen-bond acceptors (Lipinski definition) is 5. The molecule has 25 heavy (non-hydrogen) atoms. The van der Waals surface area contributed by atoms with Crippen molar-refractivity contribution in [3.05, 3.63) is 24.0 Å². The van der Waals surface area contributed by atoms with Crippen molar-refractivity contribution in [1.82, 2.24) is 0 Å². The molecule has 4 atom stereocenters. The summed E-state index contributed by atoms with van der Waals surface area (Å²) in [6.45, 7) is 17.1. The van der Waals surface area contributed by atoms with Crippen LogP contribution in [0.15, 0.2) is 24.0 Å². The number of carbonyl (C=O) groups excluding carboxylic acids is 1. The van der Waals surface area contributed by atoms with Gasteiger partial charge in [0.1, 0.15) is 5.76 Å². The van der Waals surface area contributed by atoms with E-state index in [0.29, 0.717) is 30.3 Å². The van der Waals surface area contributed by atoms with Gasteiger partial charge in [0.2, 0.25) is 5.79 Å². The number of aliphatic hydroxyl groups excluding tert-OH is 1. The lowest BCUT2D eigenvalue weighted by Gasteiger charge is -2.42. The predicted molar refractivity (Wildman–Crippen MR) is 97.8 cm³/mol. The molecular formula is C20H34O5. The first-order valence-corrected chi connectivity index (χ1v) is 9.03. The maximum Gasteiger partial charge on any atom is 0.340 e. The summed E-state index contributed by atoms with van der Waals surface area (Å²) >= 11 is 0. The molecule has 0 radical (unpaired) electrons. The van der Waals surface area contributed by atoms with Crippen LogP contribution in [0.5, 0.6) is 0 Å². The van der Waals surface area contributed by atoms with E-state index in [9.17, 15) is 9.90 Å². The van der Waals surface area contributed by atoms with Crippen molar-refractivity contribution in [1.29, 1.82) is 0 Å². The Morgan fingerprint density at radius 2 is 1.96 bits per heavy atom. The molecule has 1 N–H and O–H groups in total. The van der Waals surface area contributed by atoms with Crippen molar-refractivity contribution in [2.24, 2.45) is 11.8 Å². The first-order chi connectivity index (χ1) is 11.5. The molecule has 0 saturated carbocycles. The van der Waals surface area contributed by atoms with Crippen LogP contribution in [0.4, 0.5) is 0 Å². The average molecular weight is 354 g/mol. The topological polar surface area (TPSA) is 65.0 Å². The van der Waals surface area contributed by atoms with Gasteiger partial charge in [0, 0.05) is 19.8 Å². The van der Waals surface area contributed by atoms with Crippen LogP contribution >= 0.6 is 0 Å². The third kappa shape index (κ3) is 5.32. The molecule has 144 valence electrons. The van der Waals surface area contributed by atoms with Crippen molar-refractivity contribution in [3.8, 4) is 0 Å². The third-order valence-corrected chi connectivity index (χ3v) is 4.86. The zero-order chi connectivity index (χ0) is 19.4. The van der Waals surface area contributed by atoms with E-state index in [-0.39, 0.29) is 0 Å². The molecule has 0 fully saturated rings. The standard InChI is InChI=1S/C20H34O5/c1-9-11-23-20(8,12-13(3)10-2)17(21)14(4)16-15(5)18(22)25-19(6,7)24-16/h9,13-14,17,21H,1,10-12H2,2-8H3/t13-,14-,17+,20+/m0/s1. The molecule has 0 aromatic carbocycles. The zero-order valence-electron chi connectivity index (χ0n) is 16.7. The van der Waals surface area contributed by atoms with Crippen LogP contribution in [0, 0.1) is 11.8 Å². The van der Waals surface area contributed by atoms with Crippen LogP contribution in [-0.4, -0.2) is 35.2 Å². The van der Waals surface area contributed by atoms with Gasteiger partial charge in [0.25, 0.3) is 0 Å². The van der Waals surface area contributed by atoms with E-state index in [4.69, 9.17) is 14.2 Å². The minimum absolute atomic E-state index is 0.350. The van der Waals surface area contributed by atoms with Crippen molar-refractivity contribution in [2.45, 2.75) is 78.8 Å². The molecule has 0 aromatic heterocycles. The quantitative estimate of drug-likeness (QED) is 0.501. The number of cyclic esters (lactones) is 1. The molecule has 0 bridgehead atoms. The third-order valence-electron chi connectivity index (χ3n) is 4.86. The van der Waals surface area contributed by atoms with Crippen molar-refractivity contribution < 1.29 is 24.1 Å². The molecule has 1 heterocycles. The molecule has 1 rings (SSSR count). The molecule has 0 amide bonds. The number of carbonyl (C=O) groups is 1. The Hall–Kier alpha value is -1.33. The second kappa shape index (κ2) is 8.37. The molecule has 0 aromatic rings. The molecule has 0 aliphatic carbocycles. The van der Waals surface area contributed by atoms with Gasteiger partial charge < -0.3 is 19.3 Å². The molecule has 1 aliphatic heterocycles. The fourth-order valence-electron chi connectivity index (χ4n) is 3.22. The summed E-state index contributed by atoms with van der Waals surface area (Å²) in [7, 11) is 0. The minimum atomic E-state index is -1.05. The van der Waals surface area contributed by atoms with Gasteiger partial charge in [0.05, 0.1) is 23.9 Å². The van der Waals surface area contributed by atoms with Gasteiger partial charge in [-0.15, -0.1) is 6.58 Å². The van der Waals surface area contributed by atoms with Crippen LogP contribution in [-0.2, 0) is 19.0 Å². The first kappa shape index (κ1) is 21.7. The van der Waals surface area contributed by atoms with E-state index >= 15 is 0 Å². The van der Waals surface area contributed by atoms with E-state index in [0.717, 1.165) is 6.42 Å². The normalized spacial score (nSPS) is 23.1. The number of hydrogen-bond donors (Lipinski definition) is 1. The SMILES string of the molecule is C=CCO[C@](C)(C[C@@H](C)CC)[C@H](O)[C@@H](C)C1=C(C)C(=O)OC(C)(C)O1. The maximum atomic E-state index is 12.1. The molecule has 0 unspecified atom stereocenters. The van der Waals surface area contributed by atoms with Gasteiger partial charge in [-0.2, -0.15) is 0 Å². The van der Waals surface area contributed by atoms with E-state index < -0.39 is 29.4 Å². The Kier molecular flexibility index (Phi) is 7.27. The second-order valence-corrected chi connectivity index (χ2v) is 7.74. The largest absolute Gasteiger partial charge is 0.456 e. The molecule has 0 spiro atoms. The summed E-state index contributed by atoms with van der Waals surface area (Å²) in [5.41, 5.74) is -0.383. The average Bonchev–Trinajstić information content (AvgIpc) is 2.54. The fraction of sp³-hybridized carbons (Fsp3) is 0.750. The van der Waals surface area contributed by atoms with Gasteiger partial charge in [-0.3, -0.25) is 0 Å². The monoisotopic (exact) mass is 354 g/mol. The van der Waals surface area contributed by atoms with E-state index in [1.807, 2.05) is 13.8 Å². The van der Waals surface area contributed by atoms with Gasteiger partial charge in [-0.1, -0.05) is 33.3 Å². The van der Waals surface area contributed by atoms with Crippen LogP contribution in [0.1, 0.15) is 61.3 Å². The Bertz CT molecular complexity index is 522. The molecule has 1 aliphatic rings. The van der Waals surface area contributed by atoms with E-state index in [2.05, 4.69) is 20.4 Å². The summed E-state index contributed by atoms with van der Waals surface area (Å²) < 4.78 is 17.1. The van der Waals surface area contributed by atoms with Crippen molar-refractivity contribution >= 4 is 5.97 Å². The van der Waals surface area contributed by atoms with E-state index in [1.165, 1.54) is 0 Å². The number of aliphatic hydroxyl groups is 1. The smallest absolute Gasteiger partial charge is 0.340 e. The van der Waals surface area contributed by atoms with Crippen LogP contribution in [0.25, 0.3) is 0 Å². The highest BCUT2D eigenvalue weighted by Gasteiger charge is 2.44. The van der Waals surface area contributed by atoms with Gasteiger partial charge in [-0.05, 0) is 26.2 Å². The Morgan fingerprint density at radius 3 is 2.48 bits per heavy atom. The Morgan fingerprint density at radius 1 is 1.36 bits per heavy atom. The highest BCUT2D eigenvalue weighted by Crippen LogP contribution is 2.37. The summed E-state index contributed by atoms with van der Waals surface area (Å²) in [5, 5.41) is 11.1. The lowest BCUT2D eigenvalue weighted by atomic mass is 9.80. The summed E-state index contributed by atoms with van der Waals surface area (Å²) in [4.78, 5) is 12.1. The predicted octanol–water partition coefficient (Wildman–Crippen LogP) is 3.96. The van der Waals surface area contributed by atoms with Crippen LogP contribution < -0.4 is 0 Å². The minimum Gasteiger partial charge on any atom is -0.456 e. The number of ether oxygens (including phenoxy) is 3. The van der Waals surface area contributed by atoms with Crippen molar-refractivity contribution in [2.75, 3.05) is 6.61 Å². The van der Waals surface area contributed by atoms with Crippen LogP contribution in [0.2, 0.25) is 0 Å². The van der Waals surface area contributed by atoms with Crippen molar-refractivity contribution in [3.63, 3.8) is 0 Å². The Balaban J connectivity index is 3.13.